The number of nitrogens with zero attached hydrogens (tertiary/aromatic N) is 1. The Morgan fingerprint density at radius 2 is 2.00 bits per heavy atom. The number of aryl methyl sites for hydroxylation is 2. The first-order valence-electron chi connectivity index (χ1n) is 7.13. The van der Waals surface area contributed by atoms with Crippen molar-refractivity contribution < 1.29 is 0 Å². The van der Waals surface area contributed by atoms with E-state index in [1.54, 1.807) is 11.1 Å². The molecular formula is C17H20N2. The van der Waals surface area contributed by atoms with Gasteiger partial charge < -0.3 is 5.32 Å². The van der Waals surface area contributed by atoms with E-state index in [2.05, 4.69) is 34.6 Å². The van der Waals surface area contributed by atoms with Gasteiger partial charge in [0.15, 0.2) is 0 Å². The summed E-state index contributed by atoms with van der Waals surface area (Å²) in [5, 5.41) is 3.50. The first-order valence-corrected chi connectivity index (χ1v) is 7.13. The lowest BCUT2D eigenvalue weighted by Crippen LogP contribution is -2.17. The second kappa shape index (κ2) is 5.98. The molecular weight excluding hydrogens is 232 g/mol. The standard InChI is InChI=1S/C17H20N2/c1-2-10-19-17(6-1)9-11-18-13-14-7-8-15-4-3-5-16(15)12-14/h1-2,6-8,10,12,18H,3-5,9,11,13H2. The number of aromatic nitrogens is 1. The van der Waals surface area contributed by atoms with E-state index in [-0.39, 0.29) is 0 Å². The molecule has 2 aromatic rings. The normalized spacial score (nSPS) is 13.5. The highest BCUT2D eigenvalue weighted by atomic mass is 14.8. The number of rotatable bonds is 5. The fraction of sp³-hybridized carbons (Fsp3) is 0.353. The second-order valence-corrected chi connectivity index (χ2v) is 5.20. The fourth-order valence-corrected chi connectivity index (χ4v) is 2.73. The van der Waals surface area contributed by atoms with Crippen LogP contribution in [0.4, 0.5) is 0 Å². The molecule has 0 radical (unpaired) electrons. The van der Waals surface area contributed by atoms with Crippen molar-refractivity contribution in [2.45, 2.75) is 32.2 Å². The molecule has 98 valence electrons. The molecule has 0 unspecified atom stereocenters. The topological polar surface area (TPSA) is 24.9 Å². The van der Waals surface area contributed by atoms with Crippen LogP contribution in [0, 0.1) is 0 Å². The molecule has 0 atom stereocenters. The highest BCUT2D eigenvalue weighted by Gasteiger charge is 2.10. The van der Waals surface area contributed by atoms with Gasteiger partial charge in [-0.25, -0.2) is 0 Å². The van der Waals surface area contributed by atoms with Crippen molar-refractivity contribution in [2.24, 2.45) is 0 Å². The molecule has 2 heteroatoms. The molecule has 0 amide bonds. The number of nitrogens with one attached hydrogen (secondary N) is 1. The van der Waals surface area contributed by atoms with Crippen molar-refractivity contribution in [2.75, 3.05) is 6.54 Å². The Morgan fingerprint density at radius 1 is 1.05 bits per heavy atom. The van der Waals surface area contributed by atoms with E-state index in [4.69, 9.17) is 0 Å². The van der Waals surface area contributed by atoms with Crippen LogP contribution in [0.3, 0.4) is 0 Å². The van der Waals surface area contributed by atoms with Gasteiger partial charge in [0, 0.05) is 31.4 Å². The fourth-order valence-electron chi connectivity index (χ4n) is 2.73. The summed E-state index contributed by atoms with van der Waals surface area (Å²) in [5.74, 6) is 0. The van der Waals surface area contributed by atoms with Crippen LogP contribution < -0.4 is 5.32 Å². The third-order valence-corrected chi connectivity index (χ3v) is 3.78. The molecule has 0 aliphatic heterocycles. The van der Waals surface area contributed by atoms with Crippen molar-refractivity contribution in [3.8, 4) is 0 Å². The van der Waals surface area contributed by atoms with E-state index in [1.807, 2.05) is 18.3 Å². The van der Waals surface area contributed by atoms with E-state index in [0.29, 0.717) is 0 Å². The molecule has 0 saturated heterocycles. The summed E-state index contributed by atoms with van der Waals surface area (Å²) in [4.78, 5) is 4.33. The molecule has 19 heavy (non-hydrogen) atoms. The molecule has 0 saturated carbocycles. The summed E-state index contributed by atoms with van der Waals surface area (Å²) in [5.41, 5.74) is 5.67. The van der Waals surface area contributed by atoms with Crippen LogP contribution in [0.5, 0.6) is 0 Å². The van der Waals surface area contributed by atoms with Gasteiger partial charge in [0.2, 0.25) is 0 Å². The summed E-state index contributed by atoms with van der Waals surface area (Å²) in [6, 6.07) is 13.0. The van der Waals surface area contributed by atoms with Crippen LogP contribution in [0.25, 0.3) is 0 Å². The maximum absolute atomic E-state index is 4.33. The van der Waals surface area contributed by atoms with E-state index in [0.717, 1.165) is 25.2 Å². The lowest BCUT2D eigenvalue weighted by atomic mass is 10.1. The predicted molar refractivity (Wildman–Crippen MR) is 78.1 cm³/mol. The molecule has 1 N–H and O–H groups in total. The van der Waals surface area contributed by atoms with Gasteiger partial charge in [-0.3, -0.25) is 4.98 Å². The minimum atomic E-state index is 0.958. The van der Waals surface area contributed by atoms with E-state index in [1.165, 1.54) is 24.8 Å². The van der Waals surface area contributed by atoms with Crippen molar-refractivity contribution in [1.29, 1.82) is 0 Å². The number of benzene rings is 1. The molecule has 0 bridgehead atoms. The van der Waals surface area contributed by atoms with Gasteiger partial charge in [-0.05, 0) is 48.1 Å². The van der Waals surface area contributed by atoms with Crippen LogP contribution >= 0.6 is 0 Å². The lowest BCUT2D eigenvalue weighted by molar-refractivity contribution is 0.679. The lowest BCUT2D eigenvalue weighted by Gasteiger charge is -2.07. The van der Waals surface area contributed by atoms with Crippen molar-refractivity contribution in [3.63, 3.8) is 0 Å². The molecule has 2 nitrogen and oxygen atoms in total. The maximum Gasteiger partial charge on any atom is 0.0416 e. The third kappa shape index (κ3) is 3.21. The smallest absolute Gasteiger partial charge is 0.0416 e. The van der Waals surface area contributed by atoms with Crippen LogP contribution in [0.15, 0.2) is 42.6 Å². The number of pyridine rings is 1. The van der Waals surface area contributed by atoms with Crippen LogP contribution in [0.2, 0.25) is 0 Å². The summed E-state index contributed by atoms with van der Waals surface area (Å²) in [6.45, 7) is 1.94. The molecule has 1 heterocycles. The minimum Gasteiger partial charge on any atom is -0.312 e. The average molecular weight is 252 g/mol. The summed E-state index contributed by atoms with van der Waals surface area (Å²) in [7, 11) is 0. The van der Waals surface area contributed by atoms with Gasteiger partial charge in [0.05, 0.1) is 0 Å². The van der Waals surface area contributed by atoms with Gasteiger partial charge in [-0.2, -0.15) is 0 Å². The van der Waals surface area contributed by atoms with Gasteiger partial charge in [0.1, 0.15) is 0 Å². The maximum atomic E-state index is 4.33. The number of fused-ring (bicyclic) bond motifs is 1. The Hall–Kier alpha value is -1.67. The van der Waals surface area contributed by atoms with Crippen molar-refractivity contribution in [1.82, 2.24) is 10.3 Å². The Bertz CT molecular complexity index is 534. The van der Waals surface area contributed by atoms with Crippen molar-refractivity contribution >= 4 is 0 Å². The Balaban J connectivity index is 1.48. The molecule has 0 spiro atoms. The SMILES string of the molecule is c1ccc(CCNCc2ccc3c(c2)CCC3)nc1. The van der Waals surface area contributed by atoms with Gasteiger partial charge >= 0.3 is 0 Å². The number of hydrogen-bond donors (Lipinski definition) is 1. The van der Waals surface area contributed by atoms with Crippen LogP contribution in [-0.2, 0) is 25.8 Å². The quantitative estimate of drug-likeness (QED) is 0.828. The first-order chi connectivity index (χ1) is 9.42. The highest BCUT2D eigenvalue weighted by Crippen LogP contribution is 2.22. The Kier molecular flexibility index (Phi) is 3.89. The monoisotopic (exact) mass is 252 g/mol. The zero-order valence-electron chi connectivity index (χ0n) is 11.2. The molecule has 0 fully saturated rings. The summed E-state index contributed by atoms with van der Waals surface area (Å²) in [6.07, 6.45) is 6.70. The van der Waals surface area contributed by atoms with E-state index >= 15 is 0 Å². The summed E-state index contributed by atoms with van der Waals surface area (Å²) >= 11 is 0. The largest absolute Gasteiger partial charge is 0.312 e. The Morgan fingerprint density at radius 3 is 2.89 bits per heavy atom. The van der Waals surface area contributed by atoms with Crippen LogP contribution in [0.1, 0.15) is 28.8 Å². The first kappa shape index (κ1) is 12.4. The van der Waals surface area contributed by atoms with Gasteiger partial charge in [-0.15, -0.1) is 0 Å². The summed E-state index contributed by atoms with van der Waals surface area (Å²) < 4.78 is 0. The zero-order chi connectivity index (χ0) is 12.9. The molecule has 1 aliphatic carbocycles. The van der Waals surface area contributed by atoms with E-state index in [9.17, 15) is 0 Å². The molecule has 1 aromatic heterocycles. The second-order valence-electron chi connectivity index (χ2n) is 5.20. The van der Waals surface area contributed by atoms with Gasteiger partial charge in [0.25, 0.3) is 0 Å². The van der Waals surface area contributed by atoms with Crippen LogP contribution in [-0.4, -0.2) is 11.5 Å². The zero-order valence-corrected chi connectivity index (χ0v) is 11.2. The molecule has 1 aromatic carbocycles. The molecule has 3 rings (SSSR count). The third-order valence-electron chi connectivity index (χ3n) is 3.78. The highest BCUT2D eigenvalue weighted by molar-refractivity contribution is 5.35. The average Bonchev–Trinajstić information content (AvgIpc) is 2.92. The minimum absolute atomic E-state index is 0.958. The molecule has 1 aliphatic rings. The van der Waals surface area contributed by atoms with E-state index < -0.39 is 0 Å². The Labute approximate surface area is 114 Å². The van der Waals surface area contributed by atoms with Crippen molar-refractivity contribution in [3.05, 3.63) is 65.0 Å². The predicted octanol–water partition coefficient (Wildman–Crippen LogP) is 2.90. The number of hydrogen-bond acceptors (Lipinski definition) is 2. The van der Waals surface area contributed by atoms with Gasteiger partial charge in [-0.1, -0.05) is 24.3 Å².